The molecule has 0 saturated carbocycles. The highest BCUT2D eigenvalue weighted by molar-refractivity contribution is 5.71. The number of ether oxygens (including phenoxy) is 3. The van der Waals surface area contributed by atoms with E-state index in [-0.39, 0.29) is 37.5 Å². The minimum absolute atomic E-state index is 0.111. The van der Waals surface area contributed by atoms with Gasteiger partial charge in [-0.25, -0.2) is 0 Å². The SMILES string of the molecule is CC/C=C\C/C=C\C/C=C\C/C=C\C/C=C\C/C=C\C/C=C\CCCC(=O)OC(COC(=O)CCCCC/C=C\C/C=C\C/C=C\CC)COC(=O)CCCCCCCCCCCCCCCCCCCCCCCCCCCCCC. The highest BCUT2D eigenvalue weighted by Gasteiger charge is 2.19. The Bertz CT molecular complexity index is 1690. The van der Waals surface area contributed by atoms with E-state index in [1.807, 2.05) is 0 Å². The number of rotatable bonds is 62. The average molecular weight is 1140 g/mol. The van der Waals surface area contributed by atoms with E-state index in [4.69, 9.17) is 14.2 Å². The van der Waals surface area contributed by atoms with Gasteiger partial charge in [0.2, 0.25) is 0 Å². The largest absolute Gasteiger partial charge is 0.462 e. The highest BCUT2D eigenvalue weighted by Crippen LogP contribution is 2.17. The molecule has 0 aromatic carbocycles. The summed E-state index contributed by atoms with van der Waals surface area (Å²) in [6, 6.07) is 0. The van der Waals surface area contributed by atoms with Crippen molar-refractivity contribution >= 4 is 17.9 Å². The molecular weight excluding hydrogens is 1010 g/mol. The molecule has 0 aromatic rings. The number of carbonyl (C=O) groups excluding carboxylic acids is 3. The Morgan fingerprint density at radius 1 is 0.256 bits per heavy atom. The summed E-state index contributed by atoms with van der Waals surface area (Å²) in [6.45, 7) is 6.37. The molecule has 0 saturated heterocycles. The number of esters is 3. The van der Waals surface area contributed by atoms with Gasteiger partial charge >= 0.3 is 17.9 Å². The van der Waals surface area contributed by atoms with Crippen LogP contribution in [-0.4, -0.2) is 37.2 Å². The minimum atomic E-state index is -0.824. The van der Waals surface area contributed by atoms with Crippen LogP contribution in [0.25, 0.3) is 0 Å². The Kier molecular flexibility index (Phi) is 65.8. The second kappa shape index (κ2) is 69.3. The summed E-state index contributed by atoms with van der Waals surface area (Å²) in [6.07, 6.45) is 96.8. The molecule has 0 amide bonds. The lowest BCUT2D eigenvalue weighted by molar-refractivity contribution is -0.167. The maximum atomic E-state index is 12.9. The van der Waals surface area contributed by atoms with Gasteiger partial charge in [0.05, 0.1) is 0 Å². The maximum absolute atomic E-state index is 12.9. The lowest BCUT2D eigenvalue weighted by Gasteiger charge is -2.18. The second-order valence-electron chi connectivity index (χ2n) is 22.7. The van der Waals surface area contributed by atoms with E-state index in [1.165, 1.54) is 161 Å². The zero-order valence-electron chi connectivity index (χ0n) is 53.7. The van der Waals surface area contributed by atoms with Gasteiger partial charge in [-0.05, 0) is 103 Å². The van der Waals surface area contributed by atoms with Crippen LogP contribution in [0.1, 0.15) is 323 Å². The van der Waals surface area contributed by atoms with Gasteiger partial charge in [-0.3, -0.25) is 14.4 Å². The summed E-state index contributed by atoms with van der Waals surface area (Å²) in [4.78, 5) is 38.3. The lowest BCUT2D eigenvalue weighted by Crippen LogP contribution is -2.30. The molecule has 6 nitrogen and oxygen atoms in total. The van der Waals surface area contributed by atoms with Crippen molar-refractivity contribution in [1.82, 2.24) is 0 Å². The molecule has 0 N–H and O–H groups in total. The number of unbranched alkanes of at least 4 members (excludes halogenated alkanes) is 31. The fourth-order valence-corrected chi connectivity index (χ4v) is 9.63. The Balaban J connectivity index is 4.35. The third-order valence-electron chi connectivity index (χ3n) is 14.7. The zero-order chi connectivity index (χ0) is 59.2. The molecule has 0 aliphatic carbocycles. The average Bonchev–Trinajstić information content (AvgIpc) is 3.47. The molecule has 0 spiro atoms. The quantitative estimate of drug-likeness (QED) is 0.0261. The van der Waals surface area contributed by atoms with Crippen molar-refractivity contribution in [3.05, 3.63) is 122 Å². The molecule has 1 unspecified atom stereocenters. The maximum Gasteiger partial charge on any atom is 0.306 e. The van der Waals surface area contributed by atoms with E-state index in [9.17, 15) is 14.4 Å². The molecule has 0 bridgehead atoms. The molecule has 0 aliphatic rings. The fraction of sp³-hybridized carbons (Fsp3) is 0.697. The normalized spacial score (nSPS) is 12.9. The third-order valence-corrected chi connectivity index (χ3v) is 14.7. The first-order valence-corrected chi connectivity index (χ1v) is 34.5. The van der Waals surface area contributed by atoms with Gasteiger partial charge in [0, 0.05) is 19.3 Å². The summed E-state index contributed by atoms with van der Waals surface area (Å²) in [5, 5.41) is 0. The summed E-state index contributed by atoms with van der Waals surface area (Å²) < 4.78 is 16.9. The Hall–Kier alpha value is -4.19. The second-order valence-corrected chi connectivity index (χ2v) is 22.7. The van der Waals surface area contributed by atoms with Gasteiger partial charge < -0.3 is 14.2 Å². The molecule has 82 heavy (non-hydrogen) atoms. The van der Waals surface area contributed by atoms with Gasteiger partial charge in [0.15, 0.2) is 6.10 Å². The number of hydrogen-bond acceptors (Lipinski definition) is 6. The number of hydrogen-bond donors (Lipinski definition) is 0. The van der Waals surface area contributed by atoms with Gasteiger partial charge in [-0.15, -0.1) is 0 Å². The van der Waals surface area contributed by atoms with Crippen LogP contribution in [0.4, 0.5) is 0 Å². The first-order valence-electron chi connectivity index (χ1n) is 34.5. The van der Waals surface area contributed by atoms with E-state index in [1.54, 1.807) is 0 Å². The zero-order valence-corrected chi connectivity index (χ0v) is 53.7. The summed E-state index contributed by atoms with van der Waals surface area (Å²) in [7, 11) is 0. The molecule has 0 rings (SSSR count). The molecular formula is C76H128O6. The van der Waals surface area contributed by atoms with Crippen molar-refractivity contribution in [3.8, 4) is 0 Å². The highest BCUT2D eigenvalue weighted by atomic mass is 16.6. The van der Waals surface area contributed by atoms with Crippen LogP contribution in [0.5, 0.6) is 0 Å². The topological polar surface area (TPSA) is 78.9 Å². The number of allylic oxidation sites excluding steroid dienone is 20. The van der Waals surface area contributed by atoms with Crippen LogP contribution in [0.15, 0.2) is 122 Å². The van der Waals surface area contributed by atoms with Crippen molar-refractivity contribution in [2.75, 3.05) is 13.2 Å². The Labute approximate surface area is 507 Å². The first-order chi connectivity index (χ1) is 40.5. The summed E-state index contributed by atoms with van der Waals surface area (Å²) in [5.41, 5.74) is 0. The van der Waals surface area contributed by atoms with Crippen LogP contribution in [-0.2, 0) is 28.6 Å². The smallest absolute Gasteiger partial charge is 0.306 e. The molecule has 0 aliphatic heterocycles. The lowest BCUT2D eigenvalue weighted by atomic mass is 10.0. The minimum Gasteiger partial charge on any atom is -0.462 e. The molecule has 0 fully saturated rings. The van der Waals surface area contributed by atoms with Crippen molar-refractivity contribution in [2.24, 2.45) is 0 Å². The van der Waals surface area contributed by atoms with E-state index in [2.05, 4.69) is 142 Å². The molecule has 1 atom stereocenters. The summed E-state index contributed by atoms with van der Waals surface area (Å²) in [5.74, 6) is -0.994. The van der Waals surface area contributed by atoms with Gasteiger partial charge in [0.1, 0.15) is 13.2 Å². The molecule has 468 valence electrons. The van der Waals surface area contributed by atoms with Gasteiger partial charge in [-0.2, -0.15) is 0 Å². The third kappa shape index (κ3) is 66.6. The van der Waals surface area contributed by atoms with E-state index in [0.29, 0.717) is 19.3 Å². The van der Waals surface area contributed by atoms with Crippen molar-refractivity contribution in [3.63, 3.8) is 0 Å². The van der Waals surface area contributed by atoms with Gasteiger partial charge in [0.25, 0.3) is 0 Å². The monoisotopic (exact) mass is 1140 g/mol. The molecule has 0 aromatic heterocycles. The van der Waals surface area contributed by atoms with Crippen molar-refractivity contribution in [2.45, 2.75) is 329 Å². The van der Waals surface area contributed by atoms with Crippen molar-refractivity contribution < 1.29 is 28.6 Å². The van der Waals surface area contributed by atoms with Crippen LogP contribution < -0.4 is 0 Å². The number of carbonyl (C=O) groups is 3. The van der Waals surface area contributed by atoms with Gasteiger partial charge in [-0.1, -0.05) is 322 Å². The van der Waals surface area contributed by atoms with E-state index in [0.717, 1.165) is 116 Å². The standard InChI is InChI=1S/C76H128O6/c1-4-7-10-13-16-19-22-25-27-29-31-33-35-36-37-38-39-41-42-44-46-48-51-54-57-60-63-66-69-75(78)81-72-73(71-80-74(77)68-65-62-59-56-53-50-24-21-18-15-12-9-6-3)82-76(79)70-67-64-61-58-55-52-49-47-45-43-40-34-32-30-28-26-23-20-17-14-11-8-5-2/h8-9,11-12,17-18,20-21,26,28,32,34,43,45,49-50,52-53,58,61,73H,4-7,10,13-16,19,22-25,27,29-31,33,35-42,44,46-48,51,54-57,59-60,62-72H2,1-3H3/b11-8-,12-9-,20-17-,21-18-,28-26-,34-32-,45-43-,52-49-,53-50-,61-58-. The van der Waals surface area contributed by atoms with Crippen LogP contribution in [0.2, 0.25) is 0 Å². The van der Waals surface area contributed by atoms with E-state index < -0.39 is 6.10 Å². The Morgan fingerprint density at radius 2 is 0.488 bits per heavy atom. The molecule has 6 heteroatoms. The predicted octanol–water partition coefficient (Wildman–Crippen LogP) is 23.9. The van der Waals surface area contributed by atoms with E-state index >= 15 is 0 Å². The Morgan fingerprint density at radius 3 is 0.780 bits per heavy atom. The first kappa shape index (κ1) is 77.8. The van der Waals surface area contributed by atoms with Crippen LogP contribution in [0.3, 0.4) is 0 Å². The molecule has 0 radical (unpaired) electrons. The predicted molar refractivity (Wildman–Crippen MR) is 357 cm³/mol. The molecule has 0 heterocycles. The summed E-state index contributed by atoms with van der Waals surface area (Å²) >= 11 is 0. The van der Waals surface area contributed by atoms with Crippen LogP contribution in [0, 0.1) is 0 Å². The van der Waals surface area contributed by atoms with Crippen molar-refractivity contribution in [1.29, 1.82) is 0 Å². The fourth-order valence-electron chi connectivity index (χ4n) is 9.63. The van der Waals surface area contributed by atoms with Crippen LogP contribution >= 0.6 is 0 Å².